The number of carbonyl (C=O) groups excluding carboxylic acids is 1. The topological polar surface area (TPSA) is 42.0 Å². The average molecular weight is 413 g/mol. The van der Waals surface area contributed by atoms with E-state index in [1.807, 2.05) is 31.3 Å². The van der Waals surface area contributed by atoms with Gasteiger partial charge in [0.1, 0.15) is 11.6 Å². The molecule has 2 atom stereocenters. The maximum Gasteiger partial charge on any atom is 0.260 e. The van der Waals surface area contributed by atoms with Gasteiger partial charge in [0, 0.05) is 33.3 Å². The van der Waals surface area contributed by atoms with Gasteiger partial charge in [-0.1, -0.05) is 30.3 Å². The van der Waals surface area contributed by atoms with Crippen molar-refractivity contribution in [1.82, 2.24) is 9.80 Å². The van der Waals surface area contributed by atoms with Crippen LogP contribution >= 0.6 is 0 Å². The van der Waals surface area contributed by atoms with Crippen molar-refractivity contribution in [3.8, 4) is 5.75 Å². The Morgan fingerprint density at radius 3 is 2.83 bits per heavy atom. The smallest absolute Gasteiger partial charge is 0.260 e. The van der Waals surface area contributed by atoms with Crippen LogP contribution in [0.1, 0.15) is 24.0 Å². The highest BCUT2D eigenvalue weighted by Gasteiger charge is 2.38. The van der Waals surface area contributed by atoms with Crippen molar-refractivity contribution < 1.29 is 18.7 Å². The predicted octanol–water partition coefficient (Wildman–Crippen LogP) is 3.27. The van der Waals surface area contributed by atoms with Gasteiger partial charge in [-0.05, 0) is 48.6 Å². The first-order chi connectivity index (χ1) is 14.6. The Morgan fingerprint density at radius 2 is 1.97 bits per heavy atom. The molecule has 1 saturated heterocycles. The summed E-state index contributed by atoms with van der Waals surface area (Å²) in [6.45, 7) is 2.74. The number of rotatable bonds is 2. The molecule has 0 radical (unpaired) electrons. The summed E-state index contributed by atoms with van der Waals surface area (Å²) in [7, 11) is 1.82. The summed E-state index contributed by atoms with van der Waals surface area (Å²) in [5, 5.41) is 0. The number of aryl methyl sites for hydroxylation is 1. The van der Waals surface area contributed by atoms with Crippen molar-refractivity contribution in [2.75, 3.05) is 33.4 Å². The van der Waals surface area contributed by atoms with Crippen molar-refractivity contribution in [1.29, 1.82) is 0 Å². The van der Waals surface area contributed by atoms with Gasteiger partial charge in [0.05, 0.1) is 12.1 Å². The van der Waals surface area contributed by atoms with E-state index >= 15 is 0 Å². The molecular weight excluding hydrogens is 383 g/mol. The Labute approximate surface area is 177 Å². The molecule has 30 heavy (non-hydrogen) atoms. The van der Waals surface area contributed by atoms with Gasteiger partial charge in [0.15, 0.2) is 6.61 Å². The summed E-state index contributed by atoms with van der Waals surface area (Å²) in [6.07, 6.45) is 2.81. The number of para-hydroxylation sites is 1. The van der Waals surface area contributed by atoms with Crippen LogP contribution in [0.2, 0.25) is 0 Å². The first kappa shape index (κ1) is 20.8. The van der Waals surface area contributed by atoms with Crippen LogP contribution in [0.3, 0.4) is 0 Å². The predicted molar refractivity (Wildman–Crippen MR) is 113 cm³/mol. The Bertz CT molecular complexity index is 875. The van der Waals surface area contributed by atoms with Gasteiger partial charge in [-0.25, -0.2) is 4.39 Å². The lowest BCUT2D eigenvalue weighted by Crippen LogP contribution is -2.47. The van der Waals surface area contributed by atoms with Crippen LogP contribution < -0.4 is 4.74 Å². The van der Waals surface area contributed by atoms with E-state index in [1.54, 1.807) is 17.0 Å². The normalized spacial score (nSPS) is 23.5. The number of amides is 1. The van der Waals surface area contributed by atoms with Gasteiger partial charge in [0.2, 0.25) is 0 Å². The number of halogens is 1. The Kier molecular flexibility index (Phi) is 6.65. The summed E-state index contributed by atoms with van der Waals surface area (Å²) in [5.74, 6) is 0.501. The number of ether oxygens (including phenoxy) is 2. The fraction of sp³-hybridized carbons (Fsp3) is 0.458. The van der Waals surface area contributed by atoms with Crippen LogP contribution in [-0.2, 0) is 22.5 Å². The molecule has 1 amide bonds. The second kappa shape index (κ2) is 9.58. The summed E-state index contributed by atoms with van der Waals surface area (Å²) < 4.78 is 25.7. The number of likely N-dealkylation sites (tertiary alicyclic amines) is 1. The van der Waals surface area contributed by atoms with Crippen molar-refractivity contribution in [3.63, 3.8) is 0 Å². The summed E-state index contributed by atoms with van der Waals surface area (Å²) >= 11 is 0. The highest BCUT2D eigenvalue weighted by molar-refractivity contribution is 5.78. The number of likely N-dealkylation sites (N-methyl/N-ethyl adjacent to an activating group) is 1. The molecule has 0 unspecified atom stereocenters. The first-order valence-electron chi connectivity index (χ1n) is 10.6. The minimum atomic E-state index is -0.227. The van der Waals surface area contributed by atoms with Gasteiger partial charge >= 0.3 is 0 Å². The van der Waals surface area contributed by atoms with E-state index in [2.05, 4.69) is 11.0 Å². The maximum absolute atomic E-state index is 13.6. The van der Waals surface area contributed by atoms with Crippen LogP contribution in [0.5, 0.6) is 5.75 Å². The van der Waals surface area contributed by atoms with E-state index in [4.69, 9.17) is 9.47 Å². The number of hydrogen-bond acceptors (Lipinski definition) is 4. The third kappa shape index (κ3) is 4.99. The monoisotopic (exact) mass is 412 g/mol. The molecule has 2 aliphatic heterocycles. The van der Waals surface area contributed by atoms with Crippen LogP contribution in [-0.4, -0.2) is 61.2 Å². The van der Waals surface area contributed by atoms with Crippen molar-refractivity contribution >= 4 is 5.91 Å². The molecule has 2 heterocycles. The van der Waals surface area contributed by atoms with Crippen LogP contribution in [0, 0.1) is 5.82 Å². The van der Waals surface area contributed by atoms with E-state index in [9.17, 15) is 9.18 Å². The number of benzene rings is 2. The molecular formula is C24H29FN2O3. The highest BCUT2D eigenvalue weighted by Crippen LogP contribution is 2.24. The molecule has 2 aliphatic rings. The van der Waals surface area contributed by atoms with Crippen molar-refractivity contribution in [2.45, 2.75) is 38.0 Å². The molecule has 1 fully saturated rings. The first-order valence-corrected chi connectivity index (χ1v) is 10.6. The molecule has 6 heteroatoms. The zero-order valence-corrected chi connectivity index (χ0v) is 17.4. The van der Waals surface area contributed by atoms with E-state index in [1.165, 1.54) is 6.07 Å². The zero-order valence-electron chi connectivity index (χ0n) is 17.4. The van der Waals surface area contributed by atoms with Crippen LogP contribution in [0.25, 0.3) is 0 Å². The minimum absolute atomic E-state index is 0.0145. The largest absolute Gasteiger partial charge is 0.483 e. The third-order valence-corrected chi connectivity index (χ3v) is 5.99. The Morgan fingerprint density at radius 1 is 1.10 bits per heavy atom. The SMILES string of the molecule is CN1C(=O)COc2ccccc2CCCCO[C@@H]2CN(Cc3cccc(F)c3)C[C@@H]21. The molecule has 0 aliphatic carbocycles. The van der Waals surface area contributed by atoms with E-state index in [-0.39, 0.29) is 30.5 Å². The molecule has 2 aromatic rings. The van der Waals surface area contributed by atoms with Gasteiger partial charge in [0.25, 0.3) is 5.91 Å². The quantitative estimate of drug-likeness (QED) is 0.759. The Hall–Kier alpha value is -2.44. The molecule has 0 bridgehead atoms. The lowest BCUT2D eigenvalue weighted by atomic mass is 10.1. The van der Waals surface area contributed by atoms with Gasteiger partial charge in [-0.15, -0.1) is 0 Å². The molecule has 0 N–H and O–H groups in total. The Balaban J connectivity index is 1.46. The standard InChI is InChI=1S/C24H29FN2O3/c1-26-21-15-27(14-18-7-6-10-20(25)13-18)16-23(21)29-12-5-4-9-19-8-2-3-11-22(19)30-17-24(26)28/h2-3,6-8,10-11,13,21,23H,4-5,9,12,14-17H2,1H3/t21-,23+/m0/s1. The minimum Gasteiger partial charge on any atom is -0.483 e. The molecule has 0 aromatic heterocycles. The third-order valence-electron chi connectivity index (χ3n) is 5.99. The van der Waals surface area contributed by atoms with Gasteiger partial charge in [-0.2, -0.15) is 0 Å². The maximum atomic E-state index is 13.6. The zero-order chi connectivity index (χ0) is 20.9. The second-order valence-corrected chi connectivity index (χ2v) is 8.16. The summed E-state index contributed by atoms with van der Waals surface area (Å²) in [5.41, 5.74) is 2.06. The van der Waals surface area contributed by atoms with Crippen LogP contribution in [0.15, 0.2) is 48.5 Å². The summed E-state index contributed by atoms with van der Waals surface area (Å²) in [4.78, 5) is 16.8. The molecule has 2 aromatic carbocycles. The lowest BCUT2D eigenvalue weighted by molar-refractivity contribution is -0.136. The molecule has 0 spiro atoms. The number of nitrogens with zero attached hydrogens (tertiary/aromatic N) is 2. The second-order valence-electron chi connectivity index (χ2n) is 8.16. The molecule has 0 saturated carbocycles. The van der Waals surface area contributed by atoms with E-state index < -0.39 is 0 Å². The fourth-order valence-electron chi connectivity index (χ4n) is 4.32. The van der Waals surface area contributed by atoms with E-state index in [0.717, 1.165) is 42.7 Å². The number of fused-ring (bicyclic) bond motifs is 2. The van der Waals surface area contributed by atoms with E-state index in [0.29, 0.717) is 19.7 Å². The average Bonchev–Trinajstić information content (AvgIpc) is 3.14. The van der Waals surface area contributed by atoms with Crippen LogP contribution in [0.4, 0.5) is 4.39 Å². The lowest BCUT2D eigenvalue weighted by Gasteiger charge is -2.29. The number of hydrogen-bond donors (Lipinski definition) is 0. The number of carbonyl (C=O) groups is 1. The molecule has 160 valence electrons. The van der Waals surface area contributed by atoms with Crippen molar-refractivity contribution in [2.24, 2.45) is 0 Å². The van der Waals surface area contributed by atoms with Gasteiger partial charge in [-0.3, -0.25) is 9.69 Å². The molecule has 5 nitrogen and oxygen atoms in total. The molecule has 4 rings (SSSR count). The summed E-state index contributed by atoms with van der Waals surface area (Å²) in [6, 6.07) is 14.6. The van der Waals surface area contributed by atoms with Gasteiger partial charge < -0.3 is 14.4 Å². The van der Waals surface area contributed by atoms with Crippen molar-refractivity contribution in [3.05, 3.63) is 65.5 Å². The fourth-order valence-corrected chi connectivity index (χ4v) is 4.32. The highest BCUT2D eigenvalue weighted by atomic mass is 19.1.